The van der Waals surface area contributed by atoms with Crippen LogP contribution in [0.3, 0.4) is 0 Å². The summed E-state index contributed by atoms with van der Waals surface area (Å²) in [4.78, 5) is 26.8. The molecule has 0 fully saturated rings. The molecular formula is C11H9BrN4O3S. The highest BCUT2D eigenvalue weighted by Gasteiger charge is 2.14. The molecule has 1 heterocycles. The van der Waals surface area contributed by atoms with Crippen molar-refractivity contribution in [2.45, 2.75) is 6.92 Å². The van der Waals surface area contributed by atoms with Crippen molar-refractivity contribution in [3.8, 4) is 0 Å². The molecule has 0 atom stereocenters. The summed E-state index contributed by atoms with van der Waals surface area (Å²) in [6.45, 7) is 1.71. The van der Waals surface area contributed by atoms with Gasteiger partial charge in [0, 0.05) is 16.0 Å². The molecule has 2 amide bonds. The van der Waals surface area contributed by atoms with Crippen molar-refractivity contribution in [3.63, 3.8) is 0 Å². The Balaban J connectivity index is 2.13. The van der Waals surface area contributed by atoms with E-state index in [1.165, 1.54) is 12.1 Å². The number of aromatic carboxylic acids is 1. The zero-order valence-electron chi connectivity index (χ0n) is 10.2. The molecule has 0 aliphatic heterocycles. The number of urea groups is 1. The molecule has 20 heavy (non-hydrogen) atoms. The van der Waals surface area contributed by atoms with Gasteiger partial charge in [-0.15, -0.1) is 0 Å². The van der Waals surface area contributed by atoms with Crippen LogP contribution in [-0.2, 0) is 0 Å². The van der Waals surface area contributed by atoms with Crippen molar-refractivity contribution in [2.24, 2.45) is 0 Å². The normalized spacial score (nSPS) is 10.1. The van der Waals surface area contributed by atoms with Crippen LogP contribution in [0.2, 0.25) is 0 Å². The number of carbonyl (C=O) groups excluding carboxylic acids is 1. The average molecular weight is 357 g/mol. The molecule has 1 aromatic carbocycles. The van der Waals surface area contributed by atoms with Crippen LogP contribution in [-0.4, -0.2) is 26.5 Å². The summed E-state index contributed by atoms with van der Waals surface area (Å²) in [5.41, 5.74) is 0.183. The fraction of sp³-hybridized carbons (Fsp3) is 0.0909. The molecule has 0 saturated heterocycles. The molecule has 0 bridgehead atoms. The maximum absolute atomic E-state index is 11.8. The number of halogens is 1. The van der Waals surface area contributed by atoms with Crippen LogP contribution in [0, 0.1) is 6.92 Å². The zero-order valence-corrected chi connectivity index (χ0v) is 12.6. The van der Waals surface area contributed by atoms with Gasteiger partial charge >= 0.3 is 12.0 Å². The van der Waals surface area contributed by atoms with Gasteiger partial charge in [0.1, 0.15) is 5.82 Å². The lowest BCUT2D eigenvalue weighted by molar-refractivity contribution is 0.0698. The number of anilines is 2. The first-order valence-electron chi connectivity index (χ1n) is 5.37. The molecule has 2 aromatic rings. The van der Waals surface area contributed by atoms with E-state index in [1.807, 2.05) is 0 Å². The largest absolute Gasteiger partial charge is 0.478 e. The Labute approximate surface area is 126 Å². The van der Waals surface area contributed by atoms with Crippen molar-refractivity contribution in [2.75, 3.05) is 10.6 Å². The zero-order chi connectivity index (χ0) is 14.7. The van der Waals surface area contributed by atoms with Gasteiger partial charge in [-0.1, -0.05) is 15.9 Å². The van der Waals surface area contributed by atoms with Gasteiger partial charge in [-0.3, -0.25) is 5.32 Å². The molecule has 0 aliphatic carbocycles. The summed E-state index contributed by atoms with van der Waals surface area (Å²) in [6, 6.07) is 3.97. The quantitative estimate of drug-likeness (QED) is 0.784. The Hall–Kier alpha value is -2.00. The van der Waals surface area contributed by atoms with Crippen LogP contribution in [0.25, 0.3) is 0 Å². The number of hydrogen-bond donors (Lipinski definition) is 3. The molecule has 2 rings (SSSR count). The smallest absolute Gasteiger partial charge is 0.337 e. The molecule has 1 aromatic heterocycles. The van der Waals surface area contributed by atoms with E-state index in [-0.39, 0.29) is 11.3 Å². The van der Waals surface area contributed by atoms with E-state index in [0.29, 0.717) is 15.4 Å². The van der Waals surface area contributed by atoms with Crippen molar-refractivity contribution >= 4 is 50.3 Å². The number of rotatable bonds is 3. The van der Waals surface area contributed by atoms with E-state index in [9.17, 15) is 9.59 Å². The Morgan fingerprint density at radius 1 is 1.35 bits per heavy atom. The lowest BCUT2D eigenvalue weighted by Gasteiger charge is -2.08. The van der Waals surface area contributed by atoms with E-state index in [0.717, 1.165) is 11.5 Å². The number of benzene rings is 1. The van der Waals surface area contributed by atoms with Crippen LogP contribution in [0.1, 0.15) is 16.2 Å². The molecule has 0 unspecified atom stereocenters. The highest BCUT2D eigenvalue weighted by atomic mass is 79.9. The topological polar surface area (TPSA) is 104 Å². The van der Waals surface area contributed by atoms with Gasteiger partial charge in [0.05, 0.1) is 11.3 Å². The number of amides is 2. The molecular weight excluding hydrogens is 348 g/mol. The van der Waals surface area contributed by atoms with Gasteiger partial charge in [0.25, 0.3) is 0 Å². The molecule has 0 aliphatic rings. The number of nitrogens with zero attached hydrogens (tertiary/aromatic N) is 2. The summed E-state index contributed by atoms with van der Waals surface area (Å²) >= 11 is 4.22. The predicted molar refractivity (Wildman–Crippen MR) is 78.4 cm³/mol. The summed E-state index contributed by atoms with van der Waals surface area (Å²) in [5, 5.41) is 14.4. The molecule has 0 saturated carbocycles. The van der Waals surface area contributed by atoms with Gasteiger partial charge in [-0.25, -0.2) is 14.6 Å². The highest BCUT2D eigenvalue weighted by molar-refractivity contribution is 9.10. The first-order valence-corrected chi connectivity index (χ1v) is 6.93. The number of carboxylic acids is 1. The second-order valence-electron chi connectivity index (χ2n) is 3.72. The molecule has 0 radical (unpaired) electrons. The van der Waals surface area contributed by atoms with E-state index >= 15 is 0 Å². The molecule has 9 heteroatoms. The third-order valence-electron chi connectivity index (χ3n) is 2.21. The fourth-order valence-electron chi connectivity index (χ4n) is 1.40. The lowest BCUT2D eigenvalue weighted by atomic mass is 10.2. The van der Waals surface area contributed by atoms with Gasteiger partial charge in [0.2, 0.25) is 5.13 Å². The van der Waals surface area contributed by atoms with E-state index in [2.05, 4.69) is 35.9 Å². The minimum Gasteiger partial charge on any atom is -0.478 e. The second kappa shape index (κ2) is 5.97. The minimum absolute atomic E-state index is 0.0111. The monoisotopic (exact) mass is 356 g/mol. The van der Waals surface area contributed by atoms with E-state index in [1.54, 1.807) is 13.0 Å². The summed E-state index contributed by atoms with van der Waals surface area (Å²) < 4.78 is 4.53. The first-order chi connectivity index (χ1) is 9.45. The fourth-order valence-corrected chi connectivity index (χ4v) is 2.33. The Kier molecular flexibility index (Phi) is 4.30. The van der Waals surface area contributed by atoms with Crippen molar-refractivity contribution in [3.05, 3.63) is 34.1 Å². The standard InChI is InChI=1S/C11H9BrN4O3S/c1-5-13-11(20-16-5)15-10(19)14-8-3-2-6(12)4-7(8)9(17)18/h2-4H,1H3,(H,17,18)(H2,13,14,15,16,19). The summed E-state index contributed by atoms with van der Waals surface area (Å²) in [5.74, 6) is -0.575. The third-order valence-corrected chi connectivity index (χ3v) is 3.42. The van der Waals surface area contributed by atoms with Gasteiger partial charge in [-0.2, -0.15) is 4.37 Å². The van der Waals surface area contributed by atoms with Crippen LogP contribution in [0.4, 0.5) is 15.6 Å². The predicted octanol–water partition coefficient (Wildman–Crippen LogP) is 2.95. The molecule has 104 valence electrons. The van der Waals surface area contributed by atoms with Crippen LogP contribution in [0.15, 0.2) is 22.7 Å². The molecule has 3 N–H and O–H groups in total. The van der Waals surface area contributed by atoms with Crippen molar-refractivity contribution in [1.29, 1.82) is 0 Å². The van der Waals surface area contributed by atoms with Gasteiger partial charge in [0.15, 0.2) is 0 Å². The number of carboxylic acid groups (broad SMARTS) is 1. The van der Waals surface area contributed by atoms with E-state index in [4.69, 9.17) is 5.11 Å². The first kappa shape index (κ1) is 14.4. The third kappa shape index (κ3) is 3.52. The SMILES string of the molecule is Cc1nsc(NC(=O)Nc2ccc(Br)cc2C(=O)O)n1. The number of aromatic nitrogens is 2. The Morgan fingerprint density at radius 3 is 2.70 bits per heavy atom. The number of aryl methyl sites for hydroxylation is 1. The summed E-state index contributed by atoms with van der Waals surface area (Å²) in [7, 11) is 0. The molecule has 0 spiro atoms. The van der Waals surface area contributed by atoms with Crippen LogP contribution >= 0.6 is 27.5 Å². The number of nitrogens with one attached hydrogen (secondary N) is 2. The Bertz CT molecular complexity index is 673. The van der Waals surface area contributed by atoms with Gasteiger partial charge in [-0.05, 0) is 25.1 Å². The number of carbonyl (C=O) groups is 2. The molecule has 7 nitrogen and oxygen atoms in total. The Morgan fingerprint density at radius 2 is 2.10 bits per heavy atom. The van der Waals surface area contributed by atoms with Crippen LogP contribution < -0.4 is 10.6 Å². The second-order valence-corrected chi connectivity index (χ2v) is 5.39. The van der Waals surface area contributed by atoms with Crippen LogP contribution in [0.5, 0.6) is 0 Å². The maximum Gasteiger partial charge on any atom is 0.337 e. The van der Waals surface area contributed by atoms with Crippen molar-refractivity contribution < 1.29 is 14.7 Å². The summed E-state index contributed by atoms with van der Waals surface area (Å²) in [6.07, 6.45) is 0. The minimum atomic E-state index is -1.13. The number of hydrogen-bond acceptors (Lipinski definition) is 5. The highest BCUT2D eigenvalue weighted by Crippen LogP contribution is 2.21. The van der Waals surface area contributed by atoms with Gasteiger partial charge < -0.3 is 10.4 Å². The average Bonchev–Trinajstić information content (AvgIpc) is 2.76. The lowest BCUT2D eigenvalue weighted by Crippen LogP contribution is -2.21. The maximum atomic E-state index is 11.8. The van der Waals surface area contributed by atoms with E-state index < -0.39 is 12.0 Å². The van der Waals surface area contributed by atoms with Crippen molar-refractivity contribution in [1.82, 2.24) is 9.36 Å².